The minimum atomic E-state index is -1.03. The predicted molar refractivity (Wildman–Crippen MR) is 63.9 cm³/mol. The summed E-state index contributed by atoms with van der Waals surface area (Å²) in [5, 5.41) is 8.96. The van der Waals surface area contributed by atoms with Crippen LogP contribution in [0.25, 0.3) is 0 Å². The number of carboxylic acids is 1. The van der Waals surface area contributed by atoms with Crippen molar-refractivity contribution < 1.29 is 23.8 Å². The second-order valence-corrected chi connectivity index (χ2v) is 4.37. The number of rotatable bonds is 3. The molecule has 1 aromatic carbocycles. The fourth-order valence-electron chi connectivity index (χ4n) is 2.10. The summed E-state index contributed by atoms with van der Waals surface area (Å²) in [7, 11) is 0. The maximum absolute atomic E-state index is 12.9. The molecule has 1 aliphatic heterocycles. The van der Waals surface area contributed by atoms with E-state index in [0.717, 1.165) is 0 Å². The SMILES string of the molecule is O=C(O)C1CCCN1C(=O)OCc1cccc(F)c1. The van der Waals surface area contributed by atoms with E-state index in [2.05, 4.69) is 0 Å². The van der Waals surface area contributed by atoms with Gasteiger partial charge in [-0.15, -0.1) is 0 Å². The number of likely N-dealkylation sites (tertiary alicyclic amines) is 1. The lowest BCUT2D eigenvalue weighted by molar-refractivity contribution is -0.141. The molecule has 1 aliphatic rings. The summed E-state index contributed by atoms with van der Waals surface area (Å²) < 4.78 is 17.9. The molecule has 19 heavy (non-hydrogen) atoms. The monoisotopic (exact) mass is 267 g/mol. The van der Waals surface area contributed by atoms with Crippen molar-refractivity contribution in [1.82, 2.24) is 4.90 Å². The maximum Gasteiger partial charge on any atom is 0.410 e. The number of amides is 1. The van der Waals surface area contributed by atoms with Gasteiger partial charge in [0.05, 0.1) is 0 Å². The number of halogens is 1. The number of nitrogens with zero attached hydrogens (tertiary/aromatic N) is 1. The van der Waals surface area contributed by atoms with E-state index >= 15 is 0 Å². The van der Waals surface area contributed by atoms with Crippen LogP contribution >= 0.6 is 0 Å². The smallest absolute Gasteiger partial charge is 0.410 e. The molecular formula is C13H14FNO4. The normalized spacial score (nSPS) is 18.4. The minimum Gasteiger partial charge on any atom is -0.480 e. The summed E-state index contributed by atoms with van der Waals surface area (Å²) in [5.74, 6) is -1.43. The molecular weight excluding hydrogens is 253 g/mol. The fraction of sp³-hybridized carbons (Fsp3) is 0.385. The van der Waals surface area contributed by atoms with Gasteiger partial charge in [-0.1, -0.05) is 12.1 Å². The Labute approximate surface area is 109 Å². The van der Waals surface area contributed by atoms with E-state index in [0.29, 0.717) is 24.9 Å². The molecule has 102 valence electrons. The van der Waals surface area contributed by atoms with Gasteiger partial charge in [0.15, 0.2) is 0 Å². The molecule has 1 saturated heterocycles. The van der Waals surface area contributed by atoms with Gasteiger partial charge in [0.25, 0.3) is 0 Å². The lowest BCUT2D eigenvalue weighted by atomic mass is 10.2. The summed E-state index contributed by atoms with van der Waals surface area (Å²) >= 11 is 0. The first-order chi connectivity index (χ1) is 9.08. The minimum absolute atomic E-state index is 0.0700. The van der Waals surface area contributed by atoms with Crippen molar-refractivity contribution in [2.75, 3.05) is 6.54 Å². The van der Waals surface area contributed by atoms with Gasteiger partial charge < -0.3 is 9.84 Å². The average Bonchev–Trinajstić information content (AvgIpc) is 2.85. The first-order valence-corrected chi connectivity index (χ1v) is 5.98. The van der Waals surface area contributed by atoms with Crippen LogP contribution < -0.4 is 0 Å². The highest BCUT2D eigenvalue weighted by molar-refractivity contribution is 5.80. The third-order valence-electron chi connectivity index (χ3n) is 3.02. The zero-order chi connectivity index (χ0) is 13.8. The lowest BCUT2D eigenvalue weighted by Crippen LogP contribution is -2.40. The number of ether oxygens (including phenoxy) is 1. The highest BCUT2D eigenvalue weighted by Crippen LogP contribution is 2.19. The Balaban J connectivity index is 1.92. The van der Waals surface area contributed by atoms with Gasteiger partial charge in [-0.05, 0) is 30.5 Å². The number of aliphatic carboxylic acids is 1. The van der Waals surface area contributed by atoms with Crippen molar-refractivity contribution in [3.63, 3.8) is 0 Å². The molecule has 1 fully saturated rings. The van der Waals surface area contributed by atoms with E-state index < -0.39 is 23.9 Å². The zero-order valence-corrected chi connectivity index (χ0v) is 10.2. The Morgan fingerprint density at radius 2 is 2.26 bits per heavy atom. The van der Waals surface area contributed by atoms with Crippen molar-refractivity contribution in [2.24, 2.45) is 0 Å². The second-order valence-electron chi connectivity index (χ2n) is 4.37. The average molecular weight is 267 g/mol. The maximum atomic E-state index is 12.9. The van der Waals surface area contributed by atoms with Crippen molar-refractivity contribution >= 4 is 12.1 Å². The van der Waals surface area contributed by atoms with Crippen molar-refractivity contribution in [3.8, 4) is 0 Å². The van der Waals surface area contributed by atoms with E-state index in [-0.39, 0.29) is 6.61 Å². The topological polar surface area (TPSA) is 66.8 Å². The first-order valence-electron chi connectivity index (χ1n) is 5.98. The Morgan fingerprint density at radius 1 is 1.47 bits per heavy atom. The van der Waals surface area contributed by atoms with Crippen LogP contribution in [0.15, 0.2) is 24.3 Å². The number of carbonyl (C=O) groups is 2. The predicted octanol–water partition coefficient (Wildman–Crippen LogP) is 2.01. The van der Waals surface area contributed by atoms with Gasteiger partial charge in [0.1, 0.15) is 18.5 Å². The molecule has 1 heterocycles. The molecule has 1 N–H and O–H groups in total. The van der Waals surface area contributed by atoms with Crippen LogP contribution in [0.3, 0.4) is 0 Å². The molecule has 0 aliphatic carbocycles. The molecule has 0 saturated carbocycles. The third kappa shape index (κ3) is 3.21. The zero-order valence-electron chi connectivity index (χ0n) is 10.2. The van der Waals surface area contributed by atoms with Crippen LogP contribution in [0, 0.1) is 5.82 Å². The fourth-order valence-corrected chi connectivity index (χ4v) is 2.10. The molecule has 0 bridgehead atoms. The van der Waals surface area contributed by atoms with Crippen molar-refractivity contribution in [2.45, 2.75) is 25.5 Å². The van der Waals surface area contributed by atoms with Crippen LogP contribution in [-0.4, -0.2) is 34.7 Å². The Morgan fingerprint density at radius 3 is 2.95 bits per heavy atom. The molecule has 0 radical (unpaired) electrons. The van der Waals surface area contributed by atoms with Crippen molar-refractivity contribution in [3.05, 3.63) is 35.6 Å². The summed E-state index contributed by atoms with van der Waals surface area (Å²) in [5.41, 5.74) is 0.527. The van der Waals surface area contributed by atoms with Crippen LogP contribution in [0.5, 0.6) is 0 Å². The van der Waals surface area contributed by atoms with E-state index in [1.165, 1.54) is 23.1 Å². The quantitative estimate of drug-likeness (QED) is 0.909. The van der Waals surface area contributed by atoms with E-state index in [1.807, 2.05) is 0 Å². The van der Waals surface area contributed by atoms with E-state index in [1.54, 1.807) is 6.07 Å². The largest absolute Gasteiger partial charge is 0.480 e. The number of carbonyl (C=O) groups excluding carboxylic acids is 1. The molecule has 1 unspecified atom stereocenters. The number of benzene rings is 1. The summed E-state index contributed by atoms with van der Waals surface area (Å²) in [6.07, 6.45) is 0.408. The Hall–Kier alpha value is -2.11. The highest BCUT2D eigenvalue weighted by Gasteiger charge is 2.34. The second kappa shape index (κ2) is 5.69. The van der Waals surface area contributed by atoms with E-state index in [9.17, 15) is 14.0 Å². The van der Waals surface area contributed by atoms with Crippen LogP contribution in [0.4, 0.5) is 9.18 Å². The highest BCUT2D eigenvalue weighted by atomic mass is 19.1. The molecule has 1 aromatic rings. The number of hydrogen-bond donors (Lipinski definition) is 1. The molecule has 2 rings (SSSR count). The first kappa shape index (κ1) is 13.3. The molecule has 1 atom stereocenters. The summed E-state index contributed by atoms with van der Waals surface area (Å²) in [4.78, 5) is 23.9. The van der Waals surface area contributed by atoms with Crippen LogP contribution in [0.2, 0.25) is 0 Å². The van der Waals surface area contributed by atoms with Gasteiger partial charge >= 0.3 is 12.1 Å². The number of carboxylic acid groups (broad SMARTS) is 1. The third-order valence-corrected chi connectivity index (χ3v) is 3.02. The molecule has 0 aromatic heterocycles. The lowest BCUT2D eigenvalue weighted by Gasteiger charge is -2.20. The van der Waals surface area contributed by atoms with Crippen LogP contribution in [-0.2, 0) is 16.1 Å². The number of hydrogen-bond acceptors (Lipinski definition) is 3. The van der Waals surface area contributed by atoms with Gasteiger partial charge in [-0.2, -0.15) is 0 Å². The Bertz CT molecular complexity index is 491. The Kier molecular flexibility index (Phi) is 3.99. The van der Waals surface area contributed by atoms with Crippen molar-refractivity contribution in [1.29, 1.82) is 0 Å². The van der Waals surface area contributed by atoms with Gasteiger partial charge in [-0.25, -0.2) is 14.0 Å². The van der Waals surface area contributed by atoms with Crippen LogP contribution in [0.1, 0.15) is 18.4 Å². The molecule has 6 heteroatoms. The standard InChI is InChI=1S/C13H14FNO4/c14-10-4-1-3-9(7-10)8-19-13(18)15-6-2-5-11(15)12(16)17/h1,3-4,7,11H,2,5-6,8H2,(H,16,17). The summed E-state index contributed by atoms with van der Waals surface area (Å²) in [6.45, 7) is 0.304. The molecule has 1 amide bonds. The van der Waals surface area contributed by atoms with Gasteiger partial charge in [-0.3, -0.25) is 4.90 Å². The van der Waals surface area contributed by atoms with Gasteiger partial charge in [0.2, 0.25) is 0 Å². The molecule has 0 spiro atoms. The molecule has 5 nitrogen and oxygen atoms in total. The summed E-state index contributed by atoms with van der Waals surface area (Å²) in [6, 6.07) is 4.90. The van der Waals surface area contributed by atoms with Gasteiger partial charge in [0, 0.05) is 6.54 Å². The van der Waals surface area contributed by atoms with E-state index in [4.69, 9.17) is 9.84 Å².